The van der Waals surface area contributed by atoms with Gasteiger partial charge in [-0.15, -0.1) is 0 Å². The number of benzene rings is 1. The van der Waals surface area contributed by atoms with Gasteiger partial charge in [0.2, 0.25) is 5.91 Å². The Morgan fingerprint density at radius 3 is 2.48 bits per heavy atom. The van der Waals surface area contributed by atoms with Gasteiger partial charge in [0.1, 0.15) is 5.75 Å². The lowest BCUT2D eigenvalue weighted by Gasteiger charge is -2.25. The normalized spacial score (nSPS) is 11.5. The summed E-state index contributed by atoms with van der Waals surface area (Å²) in [6, 6.07) is 13.0. The second-order valence-electron chi connectivity index (χ2n) is 6.27. The number of nitrogens with zero attached hydrogens (tertiary/aromatic N) is 2. The molecule has 0 bridgehead atoms. The molecule has 0 spiro atoms. The lowest BCUT2D eigenvalue weighted by molar-refractivity contribution is -0.146. The van der Waals surface area contributed by atoms with Crippen LogP contribution in [0.5, 0.6) is 5.75 Å². The molecule has 1 aromatic heterocycles. The van der Waals surface area contributed by atoms with Gasteiger partial charge in [0.05, 0.1) is 38.3 Å². The van der Waals surface area contributed by atoms with E-state index in [1.807, 2.05) is 49.4 Å². The summed E-state index contributed by atoms with van der Waals surface area (Å²) in [6.07, 6.45) is 1.93. The number of hydrogen-bond donors (Lipinski definition) is 0. The van der Waals surface area contributed by atoms with E-state index in [-0.39, 0.29) is 24.8 Å². The molecule has 2 rings (SSSR count). The molecule has 6 heteroatoms. The Morgan fingerprint density at radius 1 is 1.15 bits per heavy atom. The highest BCUT2D eigenvalue weighted by atomic mass is 16.5. The molecule has 144 valence electrons. The van der Waals surface area contributed by atoms with E-state index < -0.39 is 5.92 Å². The molecule has 0 aliphatic heterocycles. The van der Waals surface area contributed by atoms with E-state index in [0.717, 1.165) is 17.0 Å². The van der Waals surface area contributed by atoms with Crippen molar-refractivity contribution >= 4 is 11.9 Å². The lowest BCUT2D eigenvalue weighted by Crippen LogP contribution is -2.38. The van der Waals surface area contributed by atoms with Crippen LogP contribution in [-0.2, 0) is 27.3 Å². The van der Waals surface area contributed by atoms with Crippen LogP contribution in [-0.4, -0.2) is 42.0 Å². The summed E-state index contributed by atoms with van der Waals surface area (Å²) < 4.78 is 10.2. The van der Waals surface area contributed by atoms with Crippen molar-refractivity contribution in [2.24, 2.45) is 5.92 Å². The standard InChI is InChI=1S/C21H26N2O4/c1-4-27-19-10-8-17(9-11-19)13-20(24)23(14-16(2)21(25)26-3)15-18-7-5-6-12-22-18/h5-12,16H,4,13-15H2,1-3H3. The van der Waals surface area contributed by atoms with Crippen LogP contribution in [0, 0.1) is 5.92 Å². The molecule has 0 radical (unpaired) electrons. The predicted octanol–water partition coefficient (Wildman–Crippen LogP) is 2.86. The number of pyridine rings is 1. The van der Waals surface area contributed by atoms with Crippen LogP contribution in [0.15, 0.2) is 48.7 Å². The third kappa shape index (κ3) is 6.40. The second kappa shape index (κ2) is 10.3. The fourth-order valence-electron chi connectivity index (χ4n) is 2.70. The van der Waals surface area contributed by atoms with E-state index >= 15 is 0 Å². The summed E-state index contributed by atoms with van der Waals surface area (Å²) in [5.41, 5.74) is 1.66. The Bertz CT molecular complexity index is 732. The van der Waals surface area contributed by atoms with E-state index in [2.05, 4.69) is 4.98 Å². The van der Waals surface area contributed by atoms with Crippen molar-refractivity contribution < 1.29 is 19.1 Å². The third-order valence-corrected chi connectivity index (χ3v) is 4.12. The predicted molar refractivity (Wildman–Crippen MR) is 102 cm³/mol. The minimum absolute atomic E-state index is 0.0689. The van der Waals surface area contributed by atoms with Crippen molar-refractivity contribution in [3.8, 4) is 5.75 Å². The van der Waals surface area contributed by atoms with Crippen molar-refractivity contribution in [1.29, 1.82) is 0 Å². The summed E-state index contributed by atoms with van der Waals surface area (Å²) in [7, 11) is 1.35. The fourth-order valence-corrected chi connectivity index (χ4v) is 2.70. The molecular weight excluding hydrogens is 344 g/mol. The molecule has 1 unspecified atom stereocenters. The van der Waals surface area contributed by atoms with E-state index in [1.54, 1.807) is 18.0 Å². The van der Waals surface area contributed by atoms with Crippen LogP contribution in [0.3, 0.4) is 0 Å². The maximum Gasteiger partial charge on any atom is 0.310 e. The maximum atomic E-state index is 12.9. The molecule has 1 amide bonds. The first-order chi connectivity index (χ1) is 13.0. The molecule has 1 heterocycles. The Kier molecular flexibility index (Phi) is 7.79. The van der Waals surface area contributed by atoms with Crippen molar-refractivity contribution in [1.82, 2.24) is 9.88 Å². The van der Waals surface area contributed by atoms with E-state index in [4.69, 9.17) is 9.47 Å². The largest absolute Gasteiger partial charge is 0.494 e. The van der Waals surface area contributed by atoms with E-state index in [9.17, 15) is 9.59 Å². The van der Waals surface area contributed by atoms with Crippen LogP contribution in [0.4, 0.5) is 0 Å². The van der Waals surface area contributed by atoms with Crippen LogP contribution in [0.2, 0.25) is 0 Å². The molecule has 1 atom stereocenters. The summed E-state index contributed by atoms with van der Waals surface area (Å²) in [6.45, 7) is 4.90. The Labute approximate surface area is 160 Å². The number of ether oxygens (including phenoxy) is 2. The van der Waals surface area contributed by atoms with E-state index in [1.165, 1.54) is 7.11 Å². The van der Waals surface area contributed by atoms with Gasteiger partial charge in [0.15, 0.2) is 0 Å². The molecule has 1 aromatic carbocycles. The highest BCUT2D eigenvalue weighted by Crippen LogP contribution is 2.15. The minimum atomic E-state index is -0.414. The van der Waals surface area contributed by atoms with Gasteiger partial charge in [-0.3, -0.25) is 14.6 Å². The van der Waals surface area contributed by atoms with Gasteiger partial charge in [0, 0.05) is 12.7 Å². The molecular formula is C21H26N2O4. The molecule has 0 saturated carbocycles. The van der Waals surface area contributed by atoms with Gasteiger partial charge in [0.25, 0.3) is 0 Å². The number of amides is 1. The Balaban J connectivity index is 2.10. The van der Waals surface area contributed by atoms with E-state index in [0.29, 0.717) is 13.2 Å². The van der Waals surface area contributed by atoms with Crippen molar-refractivity contribution in [3.63, 3.8) is 0 Å². The van der Waals surface area contributed by atoms with Crippen LogP contribution >= 0.6 is 0 Å². The van der Waals surface area contributed by atoms with Crippen LogP contribution in [0.25, 0.3) is 0 Å². The first-order valence-electron chi connectivity index (χ1n) is 9.00. The highest BCUT2D eigenvalue weighted by molar-refractivity contribution is 5.80. The summed E-state index contributed by atoms with van der Waals surface area (Å²) in [4.78, 5) is 30.6. The molecule has 6 nitrogen and oxygen atoms in total. The number of methoxy groups -OCH3 is 1. The first kappa shape index (κ1) is 20.4. The SMILES string of the molecule is CCOc1ccc(CC(=O)N(Cc2ccccn2)CC(C)C(=O)OC)cc1. The Hall–Kier alpha value is -2.89. The van der Waals surface area contributed by atoms with Crippen LogP contribution < -0.4 is 4.74 Å². The number of carbonyl (C=O) groups excluding carboxylic acids is 2. The Morgan fingerprint density at radius 2 is 1.89 bits per heavy atom. The minimum Gasteiger partial charge on any atom is -0.494 e. The number of hydrogen-bond acceptors (Lipinski definition) is 5. The number of rotatable bonds is 9. The van der Waals surface area contributed by atoms with Gasteiger partial charge >= 0.3 is 5.97 Å². The molecule has 0 N–H and O–H groups in total. The number of carbonyl (C=O) groups is 2. The van der Waals surface area contributed by atoms with Crippen molar-refractivity contribution in [2.75, 3.05) is 20.3 Å². The zero-order chi connectivity index (χ0) is 19.6. The van der Waals surface area contributed by atoms with Crippen LogP contribution in [0.1, 0.15) is 25.1 Å². The third-order valence-electron chi connectivity index (χ3n) is 4.12. The topological polar surface area (TPSA) is 68.7 Å². The van der Waals surface area contributed by atoms with Crippen molar-refractivity contribution in [3.05, 3.63) is 59.9 Å². The second-order valence-corrected chi connectivity index (χ2v) is 6.27. The van der Waals surface area contributed by atoms with Gasteiger partial charge in [-0.05, 0) is 36.8 Å². The smallest absolute Gasteiger partial charge is 0.310 e. The van der Waals surface area contributed by atoms with Gasteiger partial charge in [-0.25, -0.2) is 0 Å². The van der Waals surface area contributed by atoms with Crippen molar-refractivity contribution in [2.45, 2.75) is 26.8 Å². The number of aromatic nitrogens is 1. The summed E-state index contributed by atoms with van der Waals surface area (Å²) in [5, 5.41) is 0. The zero-order valence-corrected chi connectivity index (χ0v) is 16.1. The monoisotopic (exact) mass is 370 g/mol. The molecule has 0 saturated heterocycles. The molecule has 0 fully saturated rings. The average molecular weight is 370 g/mol. The summed E-state index contributed by atoms with van der Waals surface area (Å²) in [5.74, 6) is -0.0446. The highest BCUT2D eigenvalue weighted by Gasteiger charge is 2.22. The maximum absolute atomic E-state index is 12.9. The zero-order valence-electron chi connectivity index (χ0n) is 16.1. The van der Waals surface area contributed by atoms with Gasteiger partial charge in [-0.1, -0.05) is 25.1 Å². The van der Waals surface area contributed by atoms with Gasteiger partial charge in [-0.2, -0.15) is 0 Å². The first-order valence-corrected chi connectivity index (χ1v) is 9.00. The molecule has 27 heavy (non-hydrogen) atoms. The molecule has 0 aliphatic carbocycles. The molecule has 0 aliphatic rings. The fraction of sp³-hybridized carbons (Fsp3) is 0.381. The summed E-state index contributed by atoms with van der Waals surface area (Å²) >= 11 is 0. The average Bonchev–Trinajstić information content (AvgIpc) is 2.69. The van der Waals surface area contributed by atoms with Gasteiger partial charge < -0.3 is 14.4 Å². The quantitative estimate of drug-likeness (QED) is 0.635. The molecule has 2 aromatic rings. The lowest BCUT2D eigenvalue weighted by atomic mass is 10.1. The number of esters is 1.